The zero-order chi connectivity index (χ0) is 19.2. The molecule has 0 saturated heterocycles. The Kier molecular flexibility index (Phi) is 6.05. The van der Waals surface area contributed by atoms with Gasteiger partial charge in [-0.05, 0) is 48.5 Å². The molecule has 3 rings (SSSR count). The summed E-state index contributed by atoms with van der Waals surface area (Å²) in [5.41, 5.74) is 1.73. The molecule has 2 N–H and O–H groups in total. The van der Waals surface area contributed by atoms with Gasteiger partial charge in [0.15, 0.2) is 5.13 Å². The molecule has 0 unspecified atom stereocenters. The number of aromatic nitrogens is 1. The van der Waals surface area contributed by atoms with Crippen molar-refractivity contribution in [2.45, 2.75) is 6.42 Å². The first kappa shape index (κ1) is 18.9. The lowest BCUT2D eigenvalue weighted by Crippen LogP contribution is -2.15. The Morgan fingerprint density at radius 2 is 1.78 bits per heavy atom. The number of ether oxygens (including phenoxy) is 1. The Morgan fingerprint density at radius 1 is 1.07 bits per heavy atom. The van der Waals surface area contributed by atoms with Crippen molar-refractivity contribution >= 4 is 45.6 Å². The van der Waals surface area contributed by atoms with Crippen LogP contribution in [0.15, 0.2) is 53.9 Å². The third kappa shape index (κ3) is 5.29. The summed E-state index contributed by atoms with van der Waals surface area (Å²) in [5.74, 6) is 0.241. The van der Waals surface area contributed by atoms with Gasteiger partial charge < -0.3 is 10.1 Å². The molecule has 8 heteroatoms. The van der Waals surface area contributed by atoms with Crippen LogP contribution in [0.25, 0.3) is 0 Å². The summed E-state index contributed by atoms with van der Waals surface area (Å²) in [4.78, 5) is 28.6. The minimum absolute atomic E-state index is 0.110. The molecule has 0 saturated carbocycles. The molecule has 27 heavy (non-hydrogen) atoms. The molecule has 2 aromatic carbocycles. The van der Waals surface area contributed by atoms with Crippen molar-refractivity contribution in [2.24, 2.45) is 0 Å². The molecule has 0 atom stereocenters. The van der Waals surface area contributed by atoms with E-state index in [0.29, 0.717) is 32.8 Å². The van der Waals surface area contributed by atoms with Gasteiger partial charge in [0, 0.05) is 21.7 Å². The summed E-state index contributed by atoms with van der Waals surface area (Å²) >= 11 is 7.08. The van der Waals surface area contributed by atoms with Crippen LogP contribution in [-0.4, -0.2) is 23.9 Å². The van der Waals surface area contributed by atoms with Gasteiger partial charge in [-0.25, -0.2) is 4.98 Å². The first-order valence-electron chi connectivity index (χ1n) is 7.99. The predicted molar refractivity (Wildman–Crippen MR) is 107 cm³/mol. The number of rotatable bonds is 6. The fourth-order valence-corrected chi connectivity index (χ4v) is 3.09. The average Bonchev–Trinajstić information content (AvgIpc) is 3.09. The van der Waals surface area contributed by atoms with Crippen LogP contribution in [0.1, 0.15) is 16.1 Å². The number of halogens is 1. The number of hydrogen-bond acceptors (Lipinski definition) is 5. The molecular formula is C19H16ClN3O3S. The molecule has 138 valence electrons. The third-order valence-corrected chi connectivity index (χ3v) is 4.65. The van der Waals surface area contributed by atoms with Gasteiger partial charge in [0.25, 0.3) is 5.91 Å². The van der Waals surface area contributed by atoms with Crippen LogP contribution in [0.5, 0.6) is 5.75 Å². The van der Waals surface area contributed by atoms with Crippen molar-refractivity contribution in [2.75, 3.05) is 17.7 Å². The van der Waals surface area contributed by atoms with Crippen molar-refractivity contribution in [3.63, 3.8) is 0 Å². The average molecular weight is 402 g/mol. The van der Waals surface area contributed by atoms with E-state index in [1.165, 1.54) is 11.3 Å². The van der Waals surface area contributed by atoms with E-state index >= 15 is 0 Å². The van der Waals surface area contributed by atoms with Gasteiger partial charge in [0.2, 0.25) is 5.91 Å². The van der Waals surface area contributed by atoms with E-state index in [9.17, 15) is 9.59 Å². The number of anilines is 2. The minimum atomic E-state index is -0.282. The van der Waals surface area contributed by atoms with Gasteiger partial charge in [-0.1, -0.05) is 11.6 Å². The van der Waals surface area contributed by atoms with Crippen LogP contribution in [0.2, 0.25) is 5.02 Å². The summed E-state index contributed by atoms with van der Waals surface area (Å²) in [6.45, 7) is 0. The fourth-order valence-electron chi connectivity index (χ4n) is 2.26. The number of nitrogens with one attached hydrogen (secondary N) is 2. The highest BCUT2D eigenvalue weighted by Gasteiger charge is 2.11. The summed E-state index contributed by atoms with van der Waals surface area (Å²) in [6.07, 6.45) is 0.110. The summed E-state index contributed by atoms with van der Waals surface area (Å²) in [7, 11) is 1.58. The monoisotopic (exact) mass is 401 g/mol. The lowest BCUT2D eigenvalue weighted by Gasteiger charge is -2.05. The Balaban J connectivity index is 1.55. The molecule has 0 aliphatic heterocycles. The first-order chi connectivity index (χ1) is 13.0. The quantitative estimate of drug-likeness (QED) is 0.647. The Morgan fingerprint density at radius 3 is 2.44 bits per heavy atom. The number of nitrogens with zero attached hydrogens (tertiary/aromatic N) is 1. The molecule has 0 fully saturated rings. The maximum Gasteiger partial charge on any atom is 0.257 e. The Hall–Kier alpha value is -2.90. The number of thiazole rings is 1. The molecule has 2 amide bonds. The third-order valence-electron chi connectivity index (χ3n) is 3.59. The van der Waals surface area contributed by atoms with Crippen LogP contribution in [0, 0.1) is 0 Å². The van der Waals surface area contributed by atoms with Crippen molar-refractivity contribution < 1.29 is 14.3 Å². The van der Waals surface area contributed by atoms with Crippen LogP contribution >= 0.6 is 22.9 Å². The van der Waals surface area contributed by atoms with Gasteiger partial charge >= 0.3 is 0 Å². The van der Waals surface area contributed by atoms with Crippen molar-refractivity contribution in [1.82, 2.24) is 4.98 Å². The van der Waals surface area contributed by atoms with E-state index < -0.39 is 0 Å². The van der Waals surface area contributed by atoms with E-state index in [1.807, 2.05) is 0 Å². The first-order valence-corrected chi connectivity index (χ1v) is 9.24. The number of amides is 2. The highest BCUT2D eigenvalue weighted by Crippen LogP contribution is 2.19. The van der Waals surface area contributed by atoms with E-state index in [1.54, 1.807) is 61.0 Å². The van der Waals surface area contributed by atoms with Crippen molar-refractivity contribution in [3.8, 4) is 5.75 Å². The zero-order valence-corrected chi connectivity index (χ0v) is 15.9. The summed E-state index contributed by atoms with van der Waals surface area (Å²) < 4.78 is 5.08. The molecule has 3 aromatic rings. The topological polar surface area (TPSA) is 80.3 Å². The zero-order valence-electron chi connectivity index (χ0n) is 14.4. The number of carbonyl (C=O) groups excluding carboxylic acids is 2. The fraction of sp³-hybridized carbons (Fsp3) is 0.105. The number of benzene rings is 2. The molecule has 0 radical (unpaired) electrons. The predicted octanol–water partition coefficient (Wildman–Crippen LogP) is 4.24. The normalized spacial score (nSPS) is 10.3. The lowest BCUT2D eigenvalue weighted by atomic mass is 10.2. The molecular weight excluding hydrogens is 386 g/mol. The largest absolute Gasteiger partial charge is 0.497 e. The van der Waals surface area contributed by atoms with Gasteiger partial charge in [0.05, 0.1) is 19.2 Å². The van der Waals surface area contributed by atoms with E-state index in [4.69, 9.17) is 16.3 Å². The molecule has 1 heterocycles. The van der Waals surface area contributed by atoms with E-state index in [0.717, 1.165) is 0 Å². The maximum absolute atomic E-state index is 12.2. The van der Waals surface area contributed by atoms with E-state index in [2.05, 4.69) is 15.6 Å². The SMILES string of the molecule is COc1ccc(NC(=O)Cc2csc(NC(=O)c3ccc(Cl)cc3)n2)cc1. The highest BCUT2D eigenvalue weighted by molar-refractivity contribution is 7.14. The molecule has 0 aliphatic carbocycles. The van der Waals surface area contributed by atoms with Crippen molar-refractivity contribution in [3.05, 3.63) is 70.2 Å². The Labute approximate surface area is 165 Å². The molecule has 0 bridgehead atoms. The second-order valence-electron chi connectivity index (χ2n) is 5.56. The summed E-state index contributed by atoms with van der Waals surface area (Å²) in [5, 5.41) is 8.24. The van der Waals surface area contributed by atoms with Crippen LogP contribution in [-0.2, 0) is 11.2 Å². The molecule has 0 spiro atoms. The second-order valence-corrected chi connectivity index (χ2v) is 6.85. The highest BCUT2D eigenvalue weighted by atomic mass is 35.5. The standard InChI is InChI=1S/C19H16ClN3O3S/c1-26-16-8-6-14(7-9-16)21-17(24)10-15-11-27-19(22-15)23-18(25)12-2-4-13(20)5-3-12/h2-9,11H,10H2,1H3,(H,21,24)(H,22,23,25). The van der Waals surface area contributed by atoms with Crippen LogP contribution in [0.4, 0.5) is 10.8 Å². The number of methoxy groups -OCH3 is 1. The van der Waals surface area contributed by atoms with Crippen molar-refractivity contribution in [1.29, 1.82) is 0 Å². The van der Waals surface area contributed by atoms with Gasteiger partial charge in [-0.15, -0.1) is 11.3 Å². The molecule has 6 nitrogen and oxygen atoms in total. The second kappa shape index (κ2) is 8.66. The van der Waals surface area contributed by atoms with Gasteiger partial charge in [-0.3, -0.25) is 14.9 Å². The smallest absolute Gasteiger partial charge is 0.257 e. The number of hydrogen-bond donors (Lipinski definition) is 2. The van der Waals surface area contributed by atoms with Crippen LogP contribution in [0.3, 0.4) is 0 Å². The molecule has 1 aromatic heterocycles. The molecule has 0 aliphatic rings. The number of carbonyl (C=O) groups is 2. The van der Waals surface area contributed by atoms with Gasteiger partial charge in [-0.2, -0.15) is 0 Å². The van der Waals surface area contributed by atoms with Gasteiger partial charge in [0.1, 0.15) is 5.75 Å². The lowest BCUT2D eigenvalue weighted by molar-refractivity contribution is -0.115. The van der Waals surface area contributed by atoms with E-state index in [-0.39, 0.29) is 18.2 Å². The summed E-state index contributed by atoms with van der Waals surface area (Å²) in [6, 6.07) is 13.6. The Bertz CT molecular complexity index is 940. The maximum atomic E-state index is 12.2. The minimum Gasteiger partial charge on any atom is -0.497 e. The van der Waals surface area contributed by atoms with Crippen LogP contribution < -0.4 is 15.4 Å².